The van der Waals surface area contributed by atoms with Gasteiger partial charge in [0, 0.05) is 47.7 Å². The lowest BCUT2D eigenvalue weighted by molar-refractivity contribution is -0.671. The highest BCUT2D eigenvalue weighted by molar-refractivity contribution is 5.78. The van der Waals surface area contributed by atoms with Crippen LogP contribution in [0.15, 0.2) is 157 Å². The van der Waals surface area contributed by atoms with Gasteiger partial charge in [0.2, 0.25) is 0 Å². The molecule has 0 spiro atoms. The molecule has 1 aromatic carbocycles. The van der Waals surface area contributed by atoms with Gasteiger partial charge in [-0.1, -0.05) is 124 Å². The first-order valence-corrected chi connectivity index (χ1v) is 28.9. The molecule has 1 saturated heterocycles. The number of pyridine rings is 2. The summed E-state index contributed by atoms with van der Waals surface area (Å²) in [6.45, 7) is 9.90. The van der Waals surface area contributed by atoms with E-state index in [-0.39, 0.29) is 67.6 Å². The molecule has 3 heterocycles. The predicted octanol–water partition coefficient (Wildman–Crippen LogP) is 10.3. The van der Waals surface area contributed by atoms with Gasteiger partial charge in [0.05, 0.1) is 42.7 Å². The molecule has 11 heteroatoms. The number of allylic oxidation sites excluding steroid dienone is 14. The largest absolute Gasteiger partial charge is 0.393 e. The zero-order valence-electron chi connectivity index (χ0n) is 47.5. The number of rotatable bonds is 29. The zero-order valence-corrected chi connectivity index (χ0v) is 47.5. The highest BCUT2D eigenvalue weighted by atomic mass is 16.7. The number of ether oxygens (including phenoxy) is 2. The summed E-state index contributed by atoms with van der Waals surface area (Å²) in [4.78, 5) is 24.3. The molecule has 0 amide bonds. The third-order valence-corrected chi connectivity index (χ3v) is 16.3. The van der Waals surface area contributed by atoms with E-state index >= 15 is 0 Å². The molecule has 11 nitrogen and oxygen atoms in total. The fourth-order valence-electron chi connectivity index (χ4n) is 12.1. The highest BCUT2D eigenvalue weighted by Crippen LogP contribution is 2.50. The van der Waals surface area contributed by atoms with Gasteiger partial charge in [-0.3, -0.25) is 4.79 Å². The van der Waals surface area contributed by atoms with Crippen molar-refractivity contribution in [1.82, 2.24) is 0 Å². The second-order valence-corrected chi connectivity index (χ2v) is 22.9. The number of aromatic nitrogens is 2. The molecule has 2 aromatic heterocycles. The fourth-order valence-corrected chi connectivity index (χ4v) is 12.1. The normalized spacial score (nSPS) is 24.4. The summed E-state index contributed by atoms with van der Waals surface area (Å²) in [5.41, 5.74) is 7.68. The van der Waals surface area contributed by atoms with Crippen LogP contribution in [0.25, 0.3) is 0 Å². The molecule has 1 aliphatic heterocycles. The van der Waals surface area contributed by atoms with E-state index in [1.807, 2.05) is 25.2 Å². The minimum absolute atomic E-state index is 0.0129. The molecule has 3 aliphatic rings. The Morgan fingerprint density at radius 2 is 1.32 bits per heavy atom. The van der Waals surface area contributed by atoms with Gasteiger partial charge >= 0.3 is 0 Å². The van der Waals surface area contributed by atoms with Crippen molar-refractivity contribution >= 4 is 12.6 Å². The van der Waals surface area contributed by atoms with Crippen molar-refractivity contribution < 1.29 is 53.7 Å². The lowest BCUT2D eigenvalue weighted by atomic mass is 9.62. The third-order valence-electron chi connectivity index (χ3n) is 16.3. The van der Waals surface area contributed by atoms with E-state index < -0.39 is 49.0 Å². The molecular weight excluding hydrogens is 977 g/mol. The molecule has 78 heavy (non-hydrogen) atoms. The fraction of sp³-hybridized carbons (Fsp3) is 0.522. The van der Waals surface area contributed by atoms with Crippen molar-refractivity contribution in [2.45, 2.75) is 179 Å². The maximum atomic E-state index is 12.5. The van der Waals surface area contributed by atoms with E-state index in [4.69, 9.17) is 9.47 Å². The van der Waals surface area contributed by atoms with Crippen LogP contribution in [0.3, 0.4) is 0 Å². The van der Waals surface area contributed by atoms with Crippen LogP contribution in [0, 0.1) is 29.6 Å². The molecule has 2 aliphatic carbocycles. The zero-order chi connectivity index (χ0) is 56.1. The Labute approximate surface area is 466 Å². The van der Waals surface area contributed by atoms with Gasteiger partial charge in [0.1, 0.15) is 26.7 Å². The number of aliphatic hydroxyl groups is 5. The molecule has 6 rings (SSSR count). The summed E-state index contributed by atoms with van der Waals surface area (Å²) >= 11 is 0. The van der Waals surface area contributed by atoms with Crippen molar-refractivity contribution in [1.29, 1.82) is 0 Å². The minimum atomic E-state index is -0.879. The monoisotopic (exact) mass is 1070 g/mol. The van der Waals surface area contributed by atoms with Gasteiger partial charge < -0.3 is 39.8 Å². The van der Waals surface area contributed by atoms with Gasteiger partial charge in [0.25, 0.3) is 0 Å². The average molecular weight is 1070 g/mol. The molecular formula is C67H92N2O9+2. The summed E-state index contributed by atoms with van der Waals surface area (Å²) in [7, 11) is 4.11. The number of hydrogen-bond acceptors (Lipinski definition) is 9. The number of aliphatic hydroxyl groups excluding tert-OH is 5. The number of aldehydes is 2. The second kappa shape index (κ2) is 31.5. The minimum Gasteiger partial charge on any atom is -0.393 e. The van der Waals surface area contributed by atoms with Gasteiger partial charge in [-0.05, 0) is 142 Å². The molecule has 3 aromatic rings. The van der Waals surface area contributed by atoms with Crippen molar-refractivity contribution in [3.05, 3.63) is 179 Å². The van der Waals surface area contributed by atoms with Gasteiger partial charge in [-0.25, -0.2) is 9.13 Å². The molecule has 5 N–H and O–H groups in total. The Kier molecular flexibility index (Phi) is 25.0. The smallest absolute Gasteiger partial charge is 0.184 e. The lowest BCUT2D eigenvalue weighted by Gasteiger charge is -2.41. The van der Waals surface area contributed by atoms with E-state index in [9.17, 15) is 35.1 Å². The summed E-state index contributed by atoms with van der Waals surface area (Å²) < 4.78 is 17.4. The molecule has 0 bridgehead atoms. The molecule has 15 unspecified atom stereocenters. The molecule has 15 atom stereocenters. The van der Waals surface area contributed by atoms with Gasteiger partial charge in [-0.2, -0.15) is 0 Å². The summed E-state index contributed by atoms with van der Waals surface area (Å²) in [6, 6.07) is 17.6. The van der Waals surface area contributed by atoms with Crippen LogP contribution in [0.5, 0.6) is 0 Å². The second-order valence-electron chi connectivity index (χ2n) is 22.9. The SMILES string of the molecule is CCC(C/C=C\C(C)C=O)C(CC(/C1=C/C=C(C=O)\C=C/CC1)C(c1cc[n+](C)cc1)C(Cc1ccc(C2OC(CC(O)CC(C)O)CC(CC(O)CC(O)CC(C)O)O2)cc1)C1=CC=CCC=C1)C(C)c1cc[n+](C)cc1. The maximum absolute atomic E-state index is 12.5. The number of carbonyl (C=O) groups is 2. The summed E-state index contributed by atoms with van der Waals surface area (Å²) in [5.74, 6) is 0.563. The summed E-state index contributed by atoms with van der Waals surface area (Å²) in [5, 5.41) is 52.6. The standard InChI is InChI=1S/C67H92N2O9/c1-8-52(21-15-16-46(2)44-70)63(49(5)53-28-32-68(6)33-29-53)43-65(55-20-14-13-17-51(45-71)24-25-55)66(56-30-34-69(7)35-31-56)64(54-18-11-9-10-12-19-54)38-50-22-26-57(27-23-50)67-77-61(40-59(75)37-48(4)73)42-62(78-67)41-60(76)39-58(74)36-47(3)72/h9,11-13,15-19,22-35,44-49,52,58-67,72-76H,8,10,14,20-21,36-43H2,1-7H3/q+2/b16-15-,17-13-,51-24+,55-25+. The Morgan fingerprint density at radius 3 is 1.94 bits per heavy atom. The van der Waals surface area contributed by atoms with E-state index in [1.54, 1.807) is 13.8 Å². The van der Waals surface area contributed by atoms with E-state index in [0.29, 0.717) is 24.3 Å². The van der Waals surface area contributed by atoms with Crippen LogP contribution in [0.4, 0.5) is 0 Å². The number of benzene rings is 1. The van der Waals surface area contributed by atoms with E-state index in [0.717, 1.165) is 62.2 Å². The Balaban J connectivity index is 1.46. The lowest BCUT2D eigenvalue weighted by Crippen LogP contribution is -2.38. The van der Waals surface area contributed by atoms with Crippen LogP contribution < -0.4 is 9.13 Å². The predicted molar refractivity (Wildman–Crippen MR) is 308 cm³/mol. The van der Waals surface area contributed by atoms with Crippen molar-refractivity contribution in [3.8, 4) is 0 Å². The van der Waals surface area contributed by atoms with Crippen LogP contribution in [0.1, 0.15) is 152 Å². The van der Waals surface area contributed by atoms with Gasteiger partial charge in [-0.15, -0.1) is 0 Å². The van der Waals surface area contributed by atoms with Crippen molar-refractivity contribution in [3.63, 3.8) is 0 Å². The number of nitrogens with zero attached hydrogens (tertiary/aromatic N) is 2. The molecule has 422 valence electrons. The number of aryl methyl sites for hydroxylation is 2. The topological polar surface area (TPSA) is 162 Å². The first kappa shape index (κ1) is 62.0. The third kappa shape index (κ3) is 19.2. The maximum Gasteiger partial charge on any atom is 0.184 e. The summed E-state index contributed by atoms with van der Waals surface area (Å²) in [6.07, 6.45) is 36.1. The van der Waals surface area contributed by atoms with Crippen molar-refractivity contribution in [2.75, 3.05) is 0 Å². The van der Waals surface area contributed by atoms with E-state index in [1.165, 1.54) is 22.3 Å². The number of hydrogen-bond donors (Lipinski definition) is 5. The number of carbonyl (C=O) groups excluding carboxylic acids is 2. The molecule has 0 saturated carbocycles. The highest BCUT2D eigenvalue weighted by Gasteiger charge is 2.40. The Hall–Kier alpha value is -5.24. The molecule has 0 radical (unpaired) electrons. The van der Waals surface area contributed by atoms with E-state index in [2.05, 4.69) is 159 Å². The van der Waals surface area contributed by atoms with Crippen molar-refractivity contribution in [2.24, 2.45) is 43.7 Å². The van der Waals surface area contributed by atoms with Crippen LogP contribution in [-0.4, -0.2) is 80.8 Å². The quantitative estimate of drug-likeness (QED) is 0.0259. The Morgan fingerprint density at radius 1 is 0.692 bits per heavy atom. The van der Waals surface area contributed by atoms with Crippen LogP contribution >= 0.6 is 0 Å². The van der Waals surface area contributed by atoms with Crippen LogP contribution in [0.2, 0.25) is 0 Å². The first-order valence-electron chi connectivity index (χ1n) is 28.9. The first-order chi connectivity index (χ1) is 37.5. The van der Waals surface area contributed by atoms with Crippen LogP contribution in [-0.2, 0) is 39.6 Å². The molecule has 1 fully saturated rings. The van der Waals surface area contributed by atoms with Gasteiger partial charge in [0.15, 0.2) is 31.1 Å². The average Bonchev–Trinajstić information content (AvgIpc) is 3.73. The Bertz CT molecular complexity index is 2520.